The van der Waals surface area contributed by atoms with E-state index < -0.39 is 0 Å². The second-order valence-electron chi connectivity index (χ2n) is 3.20. The zero-order valence-corrected chi connectivity index (χ0v) is 6.85. The van der Waals surface area contributed by atoms with Gasteiger partial charge in [0.2, 0.25) is 0 Å². The smallest absolute Gasteiger partial charge is 0.00966 e. The predicted octanol–water partition coefficient (Wildman–Crippen LogP) is 3.12. The molecule has 1 rings (SSSR count). The highest BCUT2D eigenvalue weighted by molar-refractivity contribution is 5.18. The van der Waals surface area contributed by atoms with Crippen LogP contribution < -0.4 is 0 Å². The number of rotatable bonds is 1. The van der Waals surface area contributed by atoms with E-state index in [1.165, 1.54) is 24.0 Å². The van der Waals surface area contributed by atoms with E-state index in [-0.39, 0.29) is 0 Å². The summed E-state index contributed by atoms with van der Waals surface area (Å²) >= 11 is 0. The maximum Gasteiger partial charge on any atom is -0.00966 e. The molecule has 0 nitrogen and oxygen atoms in total. The monoisotopic (exact) mass is 135 g/mol. The molecular weight excluding hydrogens is 120 g/mol. The Labute approximate surface area is 63.6 Å². The van der Waals surface area contributed by atoms with E-state index in [9.17, 15) is 0 Å². The van der Waals surface area contributed by atoms with Crippen molar-refractivity contribution < 1.29 is 0 Å². The standard InChI is InChI=1S/C10H15/c1-8(2)10-6-4-9(3)5-7-10/h4,6,10H,1,5,7H2,2-3H3. The lowest BCUT2D eigenvalue weighted by Gasteiger charge is -2.19. The van der Waals surface area contributed by atoms with Crippen LogP contribution >= 0.6 is 0 Å². The van der Waals surface area contributed by atoms with Gasteiger partial charge >= 0.3 is 0 Å². The lowest BCUT2D eigenvalue weighted by atomic mass is 9.86. The Bertz CT molecular complexity index is 163. The summed E-state index contributed by atoms with van der Waals surface area (Å²) in [6.45, 7) is 8.24. The van der Waals surface area contributed by atoms with Crippen molar-refractivity contribution in [3.05, 3.63) is 30.2 Å². The molecule has 10 heavy (non-hydrogen) atoms. The summed E-state index contributed by atoms with van der Waals surface area (Å²) in [7, 11) is 0. The van der Waals surface area contributed by atoms with Gasteiger partial charge in [-0.15, -0.1) is 0 Å². The molecule has 0 heteroatoms. The summed E-state index contributed by atoms with van der Waals surface area (Å²) in [6, 6.07) is 0. The van der Waals surface area contributed by atoms with Gasteiger partial charge in [0, 0.05) is 0 Å². The van der Waals surface area contributed by atoms with Crippen LogP contribution in [0.3, 0.4) is 0 Å². The fourth-order valence-electron chi connectivity index (χ4n) is 1.25. The van der Waals surface area contributed by atoms with E-state index in [4.69, 9.17) is 0 Å². The zero-order chi connectivity index (χ0) is 7.56. The number of hydrogen-bond donors (Lipinski definition) is 0. The highest BCUT2D eigenvalue weighted by Crippen LogP contribution is 2.26. The SMILES string of the molecule is C=C(C)C1[CH]C=C(C)CC1. The molecule has 0 aromatic rings. The summed E-state index contributed by atoms with van der Waals surface area (Å²) in [5.74, 6) is 0.642. The number of allylic oxidation sites excluding steroid dienone is 3. The van der Waals surface area contributed by atoms with E-state index in [1.807, 2.05) is 0 Å². The first kappa shape index (κ1) is 7.59. The van der Waals surface area contributed by atoms with E-state index in [0.717, 1.165) is 0 Å². The average Bonchev–Trinajstić information content (AvgIpc) is 1.88. The maximum atomic E-state index is 3.94. The Morgan fingerprint density at radius 3 is 2.80 bits per heavy atom. The van der Waals surface area contributed by atoms with E-state index in [1.54, 1.807) is 0 Å². The quantitative estimate of drug-likeness (QED) is 0.484. The van der Waals surface area contributed by atoms with Gasteiger partial charge in [-0.1, -0.05) is 23.8 Å². The normalized spacial score (nSPS) is 25.8. The van der Waals surface area contributed by atoms with Crippen molar-refractivity contribution in [1.29, 1.82) is 0 Å². The fourth-order valence-corrected chi connectivity index (χ4v) is 1.25. The van der Waals surface area contributed by atoms with Gasteiger partial charge in [0.05, 0.1) is 0 Å². The van der Waals surface area contributed by atoms with Gasteiger partial charge < -0.3 is 0 Å². The third kappa shape index (κ3) is 1.73. The molecule has 0 bridgehead atoms. The van der Waals surface area contributed by atoms with Crippen molar-refractivity contribution in [2.24, 2.45) is 5.92 Å². The van der Waals surface area contributed by atoms with Gasteiger partial charge in [0.15, 0.2) is 0 Å². The molecule has 0 saturated heterocycles. The van der Waals surface area contributed by atoms with Gasteiger partial charge in [0.25, 0.3) is 0 Å². The molecule has 0 N–H and O–H groups in total. The summed E-state index contributed by atoms with van der Waals surface area (Å²) in [5, 5.41) is 0. The van der Waals surface area contributed by atoms with Crippen LogP contribution in [0.15, 0.2) is 23.8 Å². The first-order valence-electron chi connectivity index (χ1n) is 3.86. The van der Waals surface area contributed by atoms with Crippen LogP contribution in [0.5, 0.6) is 0 Å². The molecule has 1 aliphatic carbocycles. The van der Waals surface area contributed by atoms with Crippen LogP contribution in [0.4, 0.5) is 0 Å². The molecule has 0 saturated carbocycles. The molecule has 55 valence electrons. The molecule has 1 aliphatic rings. The highest BCUT2D eigenvalue weighted by atomic mass is 14.2. The third-order valence-corrected chi connectivity index (χ3v) is 2.10. The molecule has 0 heterocycles. The Balaban J connectivity index is 2.50. The van der Waals surface area contributed by atoms with Gasteiger partial charge in [-0.3, -0.25) is 0 Å². The lowest BCUT2D eigenvalue weighted by Crippen LogP contribution is -2.05. The van der Waals surface area contributed by atoms with Crippen molar-refractivity contribution in [1.82, 2.24) is 0 Å². The van der Waals surface area contributed by atoms with Crippen LogP contribution in [0.1, 0.15) is 26.7 Å². The molecule has 1 radical (unpaired) electrons. The van der Waals surface area contributed by atoms with Gasteiger partial charge in [-0.05, 0) is 39.0 Å². The molecule has 1 atom stereocenters. The second-order valence-corrected chi connectivity index (χ2v) is 3.20. The average molecular weight is 135 g/mol. The predicted molar refractivity (Wildman–Crippen MR) is 45.6 cm³/mol. The summed E-state index contributed by atoms with van der Waals surface area (Å²) in [6.07, 6.45) is 7.00. The molecule has 0 spiro atoms. The molecule has 0 aromatic heterocycles. The maximum absolute atomic E-state index is 3.94. The Hall–Kier alpha value is -0.520. The third-order valence-electron chi connectivity index (χ3n) is 2.10. The van der Waals surface area contributed by atoms with Crippen molar-refractivity contribution in [2.45, 2.75) is 26.7 Å². The minimum absolute atomic E-state index is 0.642. The number of hydrogen-bond acceptors (Lipinski definition) is 0. The fraction of sp³-hybridized carbons (Fsp3) is 0.500. The Kier molecular flexibility index (Phi) is 2.31. The summed E-state index contributed by atoms with van der Waals surface area (Å²) in [4.78, 5) is 0. The van der Waals surface area contributed by atoms with Gasteiger partial charge in [-0.25, -0.2) is 0 Å². The largest absolute Gasteiger partial charge is 0.0998 e. The first-order valence-corrected chi connectivity index (χ1v) is 3.86. The second kappa shape index (κ2) is 3.05. The van der Waals surface area contributed by atoms with Crippen LogP contribution in [0.2, 0.25) is 0 Å². The summed E-state index contributed by atoms with van der Waals surface area (Å²) < 4.78 is 0. The van der Waals surface area contributed by atoms with E-state index >= 15 is 0 Å². The topological polar surface area (TPSA) is 0 Å². The van der Waals surface area contributed by atoms with Crippen molar-refractivity contribution in [3.8, 4) is 0 Å². The minimum Gasteiger partial charge on any atom is -0.0998 e. The minimum atomic E-state index is 0.642. The molecule has 0 amide bonds. The molecule has 0 aromatic carbocycles. The van der Waals surface area contributed by atoms with E-state index in [0.29, 0.717) is 5.92 Å². The van der Waals surface area contributed by atoms with Crippen LogP contribution in [0.25, 0.3) is 0 Å². The van der Waals surface area contributed by atoms with Crippen LogP contribution in [-0.4, -0.2) is 0 Å². The van der Waals surface area contributed by atoms with Crippen molar-refractivity contribution >= 4 is 0 Å². The van der Waals surface area contributed by atoms with Gasteiger partial charge in [0.1, 0.15) is 0 Å². The zero-order valence-electron chi connectivity index (χ0n) is 6.85. The lowest BCUT2D eigenvalue weighted by molar-refractivity contribution is 0.622. The molecule has 1 unspecified atom stereocenters. The highest BCUT2D eigenvalue weighted by Gasteiger charge is 2.12. The van der Waals surface area contributed by atoms with Crippen molar-refractivity contribution in [3.63, 3.8) is 0 Å². The van der Waals surface area contributed by atoms with Crippen LogP contribution in [-0.2, 0) is 0 Å². The first-order chi connectivity index (χ1) is 4.70. The molecular formula is C10H15. The summed E-state index contributed by atoms with van der Waals surface area (Å²) in [5.41, 5.74) is 2.79. The molecule has 0 aliphatic heterocycles. The van der Waals surface area contributed by atoms with Gasteiger partial charge in [-0.2, -0.15) is 0 Å². The molecule has 0 fully saturated rings. The van der Waals surface area contributed by atoms with Crippen molar-refractivity contribution in [2.75, 3.05) is 0 Å². The Morgan fingerprint density at radius 1 is 1.70 bits per heavy atom. The Morgan fingerprint density at radius 2 is 2.40 bits per heavy atom. The van der Waals surface area contributed by atoms with Crippen LogP contribution in [0, 0.1) is 12.3 Å². The van der Waals surface area contributed by atoms with E-state index in [2.05, 4.69) is 32.9 Å².